The van der Waals surface area contributed by atoms with E-state index in [-0.39, 0.29) is 15.6 Å². The first-order valence-electron chi connectivity index (χ1n) is 3.97. The number of hydrogen-bond acceptors (Lipinski definition) is 5. The van der Waals surface area contributed by atoms with Crippen molar-refractivity contribution in [2.75, 3.05) is 7.11 Å². The minimum atomic E-state index is -0.851. The number of esters is 1. The van der Waals surface area contributed by atoms with Gasteiger partial charge in [0.1, 0.15) is 11.6 Å². The average molecular weight is 285 g/mol. The Morgan fingerprint density at radius 2 is 2.25 bits per heavy atom. The smallest absolute Gasteiger partial charge is 0.344 e. The van der Waals surface area contributed by atoms with Gasteiger partial charge in [-0.25, -0.2) is 4.79 Å². The zero-order chi connectivity index (χ0) is 12.3. The Morgan fingerprint density at radius 1 is 1.62 bits per heavy atom. The highest BCUT2D eigenvalue weighted by Gasteiger charge is 2.23. The zero-order valence-electron chi connectivity index (χ0n) is 8.06. The van der Waals surface area contributed by atoms with E-state index in [1.54, 1.807) is 6.07 Å². The van der Waals surface area contributed by atoms with Crippen molar-refractivity contribution in [1.29, 1.82) is 5.26 Å². The quantitative estimate of drug-likeness (QED) is 0.470. The van der Waals surface area contributed by atoms with Gasteiger partial charge in [0.05, 0.1) is 17.6 Å². The summed E-state index contributed by atoms with van der Waals surface area (Å²) in [6, 6.07) is 4.02. The molecule has 16 heavy (non-hydrogen) atoms. The van der Waals surface area contributed by atoms with E-state index in [1.807, 2.05) is 0 Å². The van der Waals surface area contributed by atoms with Crippen molar-refractivity contribution in [3.05, 3.63) is 37.8 Å². The Bertz CT molecular complexity index is 507. The first-order chi connectivity index (χ1) is 7.51. The number of nitro groups is 1. The highest BCUT2D eigenvalue weighted by molar-refractivity contribution is 9.10. The number of nitro benzene ring substituents is 1. The fourth-order valence-corrected chi connectivity index (χ4v) is 1.49. The summed E-state index contributed by atoms with van der Waals surface area (Å²) in [5.41, 5.74) is -0.518. The van der Waals surface area contributed by atoms with Gasteiger partial charge >= 0.3 is 5.97 Å². The lowest BCUT2D eigenvalue weighted by Gasteiger charge is -2.02. The van der Waals surface area contributed by atoms with Crippen LogP contribution in [0.2, 0.25) is 0 Å². The van der Waals surface area contributed by atoms with Gasteiger partial charge in [0.25, 0.3) is 5.69 Å². The fraction of sp³-hybridized carbons (Fsp3) is 0.111. The molecule has 0 aliphatic rings. The lowest BCUT2D eigenvalue weighted by molar-refractivity contribution is -0.385. The van der Waals surface area contributed by atoms with Crippen LogP contribution in [0.1, 0.15) is 15.9 Å². The third kappa shape index (κ3) is 2.17. The second-order valence-electron chi connectivity index (χ2n) is 2.71. The molecule has 7 heteroatoms. The molecule has 0 radical (unpaired) electrons. The summed E-state index contributed by atoms with van der Waals surface area (Å²) in [4.78, 5) is 21.2. The number of ether oxygens (including phenoxy) is 1. The molecule has 0 spiro atoms. The van der Waals surface area contributed by atoms with E-state index in [9.17, 15) is 14.9 Å². The van der Waals surface area contributed by atoms with Gasteiger partial charge in [0, 0.05) is 10.5 Å². The van der Waals surface area contributed by atoms with Gasteiger partial charge in [-0.3, -0.25) is 10.1 Å². The van der Waals surface area contributed by atoms with Crippen LogP contribution in [0.4, 0.5) is 5.69 Å². The van der Waals surface area contributed by atoms with Gasteiger partial charge in [-0.15, -0.1) is 0 Å². The highest BCUT2D eigenvalue weighted by atomic mass is 79.9. The Labute approximate surface area is 98.7 Å². The molecule has 6 nitrogen and oxygen atoms in total. The van der Waals surface area contributed by atoms with E-state index in [2.05, 4.69) is 20.7 Å². The number of benzene rings is 1. The Kier molecular flexibility index (Phi) is 3.58. The summed E-state index contributed by atoms with van der Waals surface area (Å²) < 4.78 is 4.66. The minimum absolute atomic E-state index is 0.131. The van der Waals surface area contributed by atoms with Crippen LogP contribution in [0, 0.1) is 21.4 Å². The molecular weight excluding hydrogens is 280 g/mol. The molecular formula is C9H5BrN2O4. The van der Waals surface area contributed by atoms with Crippen LogP contribution < -0.4 is 0 Å². The summed E-state index contributed by atoms with van der Waals surface area (Å²) in [6.45, 7) is 0. The van der Waals surface area contributed by atoms with Crippen LogP contribution in [0.15, 0.2) is 16.6 Å². The third-order valence-electron chi connectivity index (χ3n) is 1.81. The maximum Gasteiger partial charge on any atom is 0.344 e. The lowest BCUT2D eigenvalue weighted by Crippen LogP contribution is -2.06. The number of halogens is 1. The van der Waals surface area contributed by atoms with Crippen LogP contribution in [0.5, 0.6) is 0 Å². The number of methoxy groups -OCH3 is 1. The summed E-state index contributed by atoms with van der Waals surface area (Å²) in [5, 5.41) is 19.4. The second kappa shape index (κ2) is 4.72. The van der Waals surface area contributed by atoms with E-state index in [4.69, 9.17) is 5.26 Å². The number of hydrogen-bond donors (Lipinski definition) is 0. The predicted octanol–water partition coefficient (Wildman–Crippen LogP) is 2.02. The van der Waals surface area contributed by atoms with Gasteiger partial charge in [-0.1, -0.05) is 0 Å². The van der Waals surface area contributed by atoms with Crippen molar-refractivity contribution in [1.82, 2.24) is 0 Å². The van der Waals surface area contributed by atoms with Crippen LogP contribution in [0.25, 0.3) is 0 Å². The SMILES string of the molecule is COC(=O)c1cc(C#N)c(Br)cc1[N+](=O)[O-]. The molecule has 0 N–H and O–H groups in total. The molecule has 0 heterocycles. The first kappa shape index (κ1) is 12.1. The van der Waals surface area contributed by atoms with E-state index in [0.29, 0.717) is 0 Å². The molecule has 0 unspecified atom stereocenters. The second-order valence-corrected chi connectivity index (χ2v) is 3.56. The van der Waals surface area contributed by atoms with Gasteiger partial charge in [-0.05, 0) is 22.0 Å². The van der Waals surface area contributed by atoms with Crippen LogP contribution in [-0.2, 0) is 4.74 Å². The number of carbonyl (C=O) groups excluding carboxylic acids is 1. The lowest BCUT2D eigenvalue weighted by atomic mass is 10.1. The van der Waals surface area contributed by atoms with Gasteiger partial charge in [-0.2, -0.15) is 5.26 Å². The first-order valence-corrected chi connectivity index (χ1v) is 4.77. The van der Waals surface area contributed by atoms with E-state index in [0.717, 1.165) is 19.2 Å². The summed E-state index contributed by atoms with van der Waals surface area (Å²) in [7, 11) is 1.11. The van der Waals surface area contributed by atoms with Gasteiger partial charge in [0.2, 0.25) is 0 Å². The molecule has 0 aromatic heterocycles. The zero-order valence-corrected chi connectivity index (χ0v) is 9.65. The molecule has 0 bridgehead atoms. The molecule has 0 amide bonds. The average Bonchev–Trinajstić information content (AvgIpc) is 2.27. The standard InChI is InChI=1S/C9H5BrN2O4/c1-16-9(13)6-2-5(4-11)7(10)3-8(6)12(14)15/h2-3H,1H3. The molecule has 0 atom stereocenters. The molecule has 0 saturated heterocycles. The maximum atomic E-state index is 11.3. The highest BCUT2D eigenvalue weighted by Crippen LogP contribution is 2.27. The topological polar surface area (TPSA) is 93.2 Å². The molecule has 1 aromatic carbocycles. The summed E-state index contributed by atoms with van der Waals surface area (Å²) in [6.07, 6.45) is 0. The van der Waals surface area contributed by atoms with E-state index >= 15 is 0 Å². The summed E-state index contributed by atoms with van der Waals surface area (Å²) in [5.74, 6) is -0.851. The third-order valence-corrected chi connectivity index (χ3v) is 2.46. The van der Waals surface area contributed by atoms with Crippen molar-refractivity contribution in [2.45, 2.75) is 0 Å². The van der Waals surface area contributed by atoms with Crippen molar-refractivity contribution in [3.63, 3.8) is 0 Å². The molecule has 0 aliphatic carbocycles. The Balaban J connectivity index is 3.50. The fourth-order valence-electron chi connectivity index (χ4n) is 1.07. The minimum Gasteiger partial charge on any atom is -0.465 e. The number of nitriles is 1. The molecule has 0 fully saturated rings. The predicted molar refractivity (Wildman–Crippen MR) is 56.9 cm³/mol. The van der Waals surface area contributed by atoms with Crippen molar-refractivity contribution >= 4 is 27.6 Å². The van der Waals surface area contributed by atoms with E-state index in [1.165, 1.54) is 0 Å². The monoisotopic (exact) mass is 284 g/mol. The van der Waals surface area contributed by atoms with Crippen molar-refractivity contribution in [3.8, 4) is 6.07 Å². The van der Waals surface area contributed by atoms with Gasteiger partial charge < -0.3 is 4.74 Å². The number of carbonyl (C=O) groups is 1. The number of rotatable bonds is 2. The molecule has 82 valence electrons. The van der Waals surface area contributed by atoms with Crippen molar-refractivity contribution < 1.29 is 14.5 Å². The van der Waals surface area contributed by atoms with Crippen molar-refractivity contribution in [2.24, 2.45) is 0 Å². The maximum absolute atomic E-state index is 11.3. The normalized spacial score (nSPS) is 9.31. The number of nitrogens with zero attached hydrogens (tertiary/aromatic N) is 2. The van der Waals surface area contributed by atoms with E-state index < -0.39 is 16.6 Å². The molecule has 0 aliphatic heterocycles. The van der Waals surface area contributed by atoms with Gasteiger partial charge in [0.15, 0.2) is 0 Å². The van der Waals surface area contributed by atoms with Crippen LogP contribution in [-0.4, -0.2) is 18.0 Å². The molecule has 0 saturated carbocycles. The molecule has 1 aromatic rings. The Hall–Kier alpha value is -1.94. The Morgan fingerprint density at radius 3 is 2.69 bits per heavy atom. The molecule has 1 rings (SSSR count). The summed E-state index contributed by atoms with van der Waals surface area (Å²) >= 11 is 3.00. The largest absolute Gasteiger partial charge is 0.465 e. The van der Waals surface area contributed by atoms with Crippen LogP contribution in [0.3, 0.4) is 0 Å². The van der Waals surface area contributed by atoms with Crippen LogP contribution >= 0.6 is 15.9 Å².